The third-order valence-electron chi connectivity index (χ3n) is 3.95. The van der Waals surface area contributed by atoms with Crippen molar-refractivity contribution in [3.63, 3.8) is 0 Å². The smallest absolute Gasteiger partial charge is 0.360 e. The first-order valence-corrected chi connectivity index (χ1v) is 9.42. The van der Waals surface area contributed by atoms with Crippen LogP contribution in [0.15, 0.2) is 39.5 Å². The summed E-state index contributed by atoms with van der Waals surface area (Å²) >= 11 is 7.03. The average molecular weight is 484 g/mol. The second-order valence-electron chi connectivity index (χ2n) is 5.44. The lowest BCUT2D eigenvalue weighted by atomic mass is 10.2. The van der Waals surface area contributed by atoms with Crippen molar-refractivity contribution in [2.45, 2.75) is 13.5 Å². The van der Waals surface area contributed by atoms with Crippen LogP contribution < -0.4 is 4.74 Å². The number of rotatable bonds is 5. The minimum Gasteiger partial charge on any atom is -0.505 e. The zero-order valence-corrected chi connectivity index (χ0v) is 17.3. The van der Waals surface area contributed by atoms with E-state index in [9.17, 15) is 9.90 Å². The van der Waals surface area contributed by atoms with Crippen LogP contribution in [0.25, 0.3) is 10.9 Å². The second-order valence-corrected chi connectivity index (χ2v) is 6.98. The van der Waals surface area contributed by atoms with Gasteiger partial charge in [0.05, 0.1) is 41.8 Å². The number of nitrogens with zero attached hydrogens (tertiary/aromatic N) is 2. The number of esters is 1. The number of fused-ring (bicyclic) bond motifs is 1. The minimum absolute atomic E-state index is 0.109. The van der Waals surface area contributed by atoms with Gasteiger partial charge in [-0.25, -0.2) is 9.78 Å². The standard InChI is InChI=1S/C18H16Br2N2O4/c1-3-26-18(24)15-16(23)13-11(8-21-15)22(17(20)14(13)19)9-10-6-4-5-7-12(10)25-2/h4-8,23H,3,9H2,1-2H3. The van der Waals surface area contributed by atoms with Crippen LogP contribution in [0.5, 0.6) is 11.5 Å². The van der Waals surface area contributed by atoms with E-state index < -0.39 is 5.97 Å². The Hall–Kier alpha value is -2.06. The minimum atomic E-state index is -0.660. The van der Waals surface area contributed by atoms with Gasteiger partial charge in [0.25, 0.3) is 0 Å². The van der Waals surface area contributed by atoms with Crippen LogP contribution in [0, 0.1) is 0 Å². The number of aromatic hydroxyl groups is 1. The summed E-state index contributed by atoms with van der Waals surface area (Å²) < 4.78 is 13.6. The number of pyridine rings is 1. The van der Waals surface area contributed by atoms with E-state index in [1.807, 2.05) is 28.8 Å². The molecule has 0 atom stereocenters. The van der Waals surface area contributed by atoms with Crippen LogP contribution in [0.2, 0.25) is 0 Å². The Morgan fingerprint density at radius 3 is 2.73 bits per heavy atom. The molecule has 0 bridgehead atoms. The van der Waals surface area contributed by atoms with Crippen LogP contribution in [0.4, 0.5) is 0 Å². The number of aromatic nitrogens is 2. The molecule has 2 heterocycles. The van der Waals surface area contributed by atoms with Crippen LogP contribution in [-0.4, -0.2) is 34.3 Å². The van der Waals surface area contributed by atoms with Crippen LogP contribution in [-0.2, 0) is 11.3 Å². The summed E-state index contributed by atoms with van der Waals surface area (Å²) in [5.41, 5.74) is 1.52. The fourth-order valence-electron chi connectivity index (χ4n) is 2.75. The van der Waals surface area contributed by atoms with E-state index in [0.717, 1.165) is 15.9 Å². The van der Waals surface area contributed by atoms with Gasteiger partial charge in [-0.1, -0.05) is 18.2 Å². The van der Waals surface area contributed by atoms with Gasteiger partial charge in [-0.05, 0) is 44.8 Å². The fraction of sp³-hybridized carbons (Fsp3) is 0.222. The van der Waals surface area contributed by atoms with Crippen LogP contribution >= 0.6 is 31.9 Å². The molecule has 0 aliphatic carbocycles. The summed E-state index contributed by atoms with van der Waals surface area (Å²) in [4.78, 5) is 16.1. The van der Waals surface area contributed by atoms with Crippen molar-refractivity contribution in [1.82, 2.24) is 9.55 Å². The van der Waals surface area contributed by atoms with Gasteiger partial charge in [0, 0.05) is 5.56 Å². The SMILES string of the molecule is CCOC(=O)c1ncc2c(c1O)c(Br)c(Br)n2Cc1ccccc1OC. The van der Waals surface area contributed by atoms with Crippen molar-refractivity contribution in [3.05, 3.63) is 50.8 Å². The molecule has 0 unspecified atom stereocenters. The predicted octanol–water partition coefficient (Wildman–Crippen LogP) is 4.50. The first kappa shape index (κ1) is 18.7. The molecule has 0 radical (unpaired) electrons. The monoisotopic (exact) mass is 482 g/mol. The molecule has 0 saturated carbocycles. The first-order chi connectivity index (χ1) is 12.5. The number of benzene rings is 1. The molecule has 6 nitrogen and oxygen atoms in total. The highest BCUT2D eigenvalue weighted by atomic mass is 79.9. The highest BCUT2D eigenvalue weighted by Gasteiger charge is 2.24. The fourth-order valence-corrected chi connectivity index (χ4v) is 3.87. The Labute approximate surface area is 167 Å². The summed E-state index contributed by atoms with van der Waals surface area (Å²) in [5, 5.41) is 11.1. The van der Waals surface area contributed by atoms with Crippen LogP contribution in [0.1, 0.15) is 23.0 Å². The van der Waals surface area contributed by atoms with Gasteiger partial charge >= 0.3 is 5.97 Å². The molecular weight excluding hydrogens is 468 g/mol. The number of ether oxygens (including phenoxy) is 2. The van der Waals surface area contributed by atoms with Crippen molar-refractivity contribution >= 4 is 48.7 Å². The number of para-hydroxylation sites is 1. The van der Waals surface area contributed by atoms with Crippen molar-refractivity contribution in [3.8, 4) is 11.5 Å². The van der Waals surface area contributed by atoms with Crippen molar-refractivity contribution < 1.29 is 19.4 Å². The quantitative estimate of drug-likeness (QED) is 0.541. The normalized spacial score (nSPS) is 10.9. The highest BCUT2D eigenvalue weighted by molar-refractivity contribution is 9.13. The van der Waals surface area contributed by atoms with Crippen molar-refractivity contribution in [2.24, 2.45) is 0 Å². The molecule has 0 spiro atoms. The molecule has 0 saturated heterocycles. The van der Waals surface area contributed by atoms with Gasteiger partial charge in [0.1, 0.15) is 10.4 Å². The Bertz CT molecular complexity index is 985. The van der Waals surface area contributed by atoms with E-state index in [0.29, 0.717) is 21.9 Å². The lowest BCUT2D eigenvalue weighted by Crippen LogP contribution is -2.08. The van der Waals surface area contributed by atoms with Gasteiger partial charge in [-0.15, -0.1) is 0 Å². The molecule has 2 aromatic heterocycles. The van der Waals surface area contributed by atoms with Gasteiger partial charge in [0.15, 0.2) is 11.4 Å². The van der Waals surface area contributed by atoms with Crippen LogP contribution in [0.3, 0.4) is 0 Å². The number of hydrogen-bond acceptors (Lipinski definition) is 5. The third-order valence-corrected chi connectivity index (χ3v) is 6.08. The zero-order chi connectivity index (χ0) is 18.8. The molecule has 0 amide bonds. The second kappa shape index (κ2) is 7.67. The number of hydrogen-bond donors (Lipinski definition) is 1. The Balaban J connectivity index is 2.14. The molecule has 0 aliphatic rings. The Kier molecular flexibility index (Phi) is 5.52. The first-order valence-electron chi connectivity index (χ1n) is 7.83. The summed E-state index contributed by atoms with van der Waals surface area (Å²) in [6, 6.07) is 7.69. The molecule has 1 aromatic carbocycles. The third kappa shape index (κ3) is 3.19. The summed E-state index contributed by atoms with van der Waals surface area (Å²) in [6.45, 7) is 2.40. The predicted molar refractivity (Wildman–Crippen MR) is 105 cm³/mol. The Morgan fingerprint density at radius 1 is 1.31 bits per heavy atom. The van der Waals surface area contributed by atoms with Gasteiger partial charge in [-0.2, -0.15) is 0 Å². The summed E-state index contributed by atoms with van der Waals surface area (Å²) in [5.74, 6) is -0.114. The van der Waals surface area contributed by atoms with Crippen molar-refractivity contribution in [2.75, 3.05) is 13.7 Å². The maximum atomic E-state index is 12.0. The van der Waals surface area contributed by atoms with Crippen molar-refractivity contribution in [1.29, 1.82) is 0 Å². The van der Waals surface area contributed by atoms with E-state index in [4.69, 9.17) is 9.47 Å². The van der Waals surface area contributed by atoms with Gasteiger partial charge in [0.2, 0.25) is 0 Å². The van der Waals surface area contributed by atoms with Gasteiger partial charge < -0.3 is 19.1 Å². The zero-order valence-electron chi connectivity index (χ0n) is 14.1. The maximum Gasteiger partial charge on any atom is 0.360 e. The molecule has 8 heteroatoms. The molecule has 3 rings (SSSR count). The highest BCUT2D eigenvalue weighted by Crippen LogP contribution is 2.41. The molecule has 136 valence electrons. The number of halogens is 2. The van der Waals surface area contributed by atoms with E-state index in [1.54, 1.807) is 20.2 Å². The molecule has 26 heavy (non-hydrogen) atoms. The number of carbonyl (C=O) groups is 1. The summed E-state index contributed by atoms with van der Waals surface area (Å²) in [7, 11) is 1.62. The lowest BCUT2D eigenvalue weighted by Gasteiger charge is -2.11. The molecule has 1 N–H and O–H groups in total. The topological polar surface area (TPSA) is 73.6 Å². The van der Waals surface area contributed by atoms with E-state index >= 15 is 0 Å². The van der Waals surface area contributed by atoms with E-state index in [-0.39, 0.29) is 18.1 Å². The van der Waals surface area contributed by atoms with E-state index in [1.165, 1.54) is 0 Å². The molecule has 0 aliphatic heterocycles. The van der Waals surface area contributed by atoms with Gasteiger partial charge in [-0.3, -0.25) is 0 Å². The maximum absolute atomic E-state index is 12.0. The summed E-state index contributed by atoms with van der Waals surface area (Å²) in [6.07, 6.45) is 1.55. The number of methoxy groups -OCH3 is 1. The molecular formula is C18H16Br2N2O4. The lowest BCUT2D eigenvalue weighted by molar-refractivity contribution is 0.0516. The largest absolute Gasteiger partial charge is 0.505 e. The number of carbonyl (C=O) groups excluding carboxylic acids is 1. The molecule has 3 aromatic rings. The average Bonchev–Trinajstić information content (AvgIpc) is 2.88. The Morgan fingerprint density at radius 2 is 2.04 bits per heavy atom. The van der Waals surface area contributed by atoms with E-state index in [2.05, 4.69) is 36.8 Å². The molecule has 0 fully saturated rings.